The molecule has 3 aromatic rings. The molecule has 0 fully saturated rings. The number of anilines is 3. The Bertz CT molecular complexity index is 952. The van der Waals surface area contributed by atoms with Crippen LogP contribution >= 0.6 is 0 Å². The molecule has 2 aromatic heterocycles. The molecule has 0 aliphatic rings. The van der Waals surface area contributed by atoms with Crippen molar-refractivity contribution < 1.29 is 4.79 Å². The summed E-state index contributed by atoms with van der Waals surface area (Å²) in [5.41, 5.74) is 3.33. The third-order valence-corrected chi connectivity index (χ3v) is 3.89. The van der Waals surface area contributed by atoms with Gasteiger partial charge in [-0.1, -0.05) is 6.58 Å². The average molecular weight is 333 g/mol. The molecule has 0 spiro atoms. The predicted molar refractivity (Wildman–Crippen MR) is 103 cm³/mol. The average Bonchev–Trinajstić information content (AvgIpc) is 2.66. The molecule has 6 heteroatoms. The second-order valence-electron chi connectivity index (χ2n) is 5.40. The number of nitrogens with zero attached hydrogens (tertiary/aromatic N) is 2. The van der Waals surface area contributed by atoms with E-state index in [0.717, 1.165) is 33.5 Å². The minimum absolute atomic E-state index is 0.256. The first kappa shape index (κ1) is 16.4. The van der Waals surface area contributed by atoms with E-state index >= 15 is 0 Å². The minimum atomic E-state index is -0.256. The number of pyridine rings is 2. The van der Waals surface area contributed by atoms with Crippen LogP contribution in [0.2, 0.25) is 0 Å². The number of hydrogen-bond donors (Lipinski definition) is 3. The van der Waals surface area contributed by atoms with Crippen LogP contribution in [0.4, 0.5) is 17.2 Å². The van der Waals surface area contributed by atoms with Crippen LogP contribution < -0.4 is 16.0 Å². The fourth-order valence-electron chi connectivity index (χ4n) is 2.70. The number of rotatable bonds is 5. The number of hydrogen-bond acceptors (Lipinski definition) is 5. The van der Waals surface area contributed by atoms with Crippen LogP contribution in [0.15, 0.2) is 55.4 Å². The molecular weight excluding hydrogens is 314 g/mol. The van der Waals surface area contributed by atoms with Crippen molar-refractivity contribution >= 4 is 33.9 Å². The lowest BCUT2D eigenvalue weighted by Gasteiger charge is -2.13. The third-order valence-electron chi connectivity index (χ3n) is 3.89. The van der Waals surface area contributed by atoms with Crippen LogP contribution in [0.3, 0.4) is 0 Å². The first-order chi connectivity index (χ1) is 12.2. The molecule has 0 bridgehead atoms. The van der Waals surface area contributed by atoms with E-state index < -0.39 is 0 Å². The zero-order chi connectivity index (χ0) is 17.8. The highest BCUT2D eigenvalue weighted by molar-refractivity contribution is 6.03. The summed E-state index contributed by atoms with van der Waals surface area (Å²) >= 11 is 0. The number of fused-ring (bicyclic) bond motifs is 1. The Morgan fingerprint density at radius 1 is 1.04 bits per heavy atom. The Kier molecular flexibility index (Phi) is 4.61. The van der Waals surface area contributed by atoms with E-state index in [9.17, 15) is 4.79 Å². The maximum absolute atomic E-state index is 11.5. The van der Waals surface area contributed by atoms with Crippen molar-refractivity contribution in [1.29, 1.82) is 0 Å². The van der Waals surface area contributed by atoms with E-state index in [1.165, 1.54) is 6.08 Å². The molecule has 0 atom stereocenters. The van der Waals surface area contributed by atoms with Crippen molar-refractivity contribution in [2.24, 2.45) is 0 Å². The summed E-state index contributed by atoms with van der Waals surface area (Å²) in [5, 5.41) is 11.2. The zero-order valence-electron chi connectivity index (χ0n) is 14.1. The first-order valence-corrected chi connectivity index (χ1v) is 7.84. The van der Waals surface area contributed by atoms with Crippen LogP contribution in [0.1, 0.15) is 0 Å². The molecule has 1 aromatic carbocycles. The van der Waals surface area contributed by atoms with Gasteiger partial charge in [-0.05, 0) is 36.4 Å². The van der Waals surface area contributed by atoms with Crippen molar-refractivity contribution in [2.75, 3.05) is 30.0 Å². The number of nitrogens with one attached hydrogen (secondary N) is 3. The molecule has 126 valence electrons. The van der Waals surface area contributed by atoms with Crippen molar-refractivity contribution in [3.05, 3.63) is 55.4 Å². The molecule has 0 radical (unpaired) electrons. The summed E-state index contributed by atoms with van der Waals surface area (Å²) in [6.07, 6.45) is 4.68. The zero-order valence-corrected chi connectivity index (χ0v) is 14.1. The summed E-state index contributed by atoms with van der Waals surface area (Å²) < 4.78 is 0. The highest BCUT2D eigenvalue weighted by atomic mass is 16.1. The molecule has 2 heterocycles. The smallest absolute Gasteiger partial charge is 0.247 e. The summed E-state index contributed by atoms with van der Waals surface area (Å²) in [6, 6.07) is 9.61. The number of benzene rings is 1. The van der Waals surface area contributed by atoms with Gasteiger partial charge in [0.05, 0.1) is 5.69 Å². The molecule has 0 aliphatic heterocycles. The fraction of sp³-hybridized carbons (Fsp3) is 0.105. The summed E-state index contributed by atoms with van der Waals surface area (Å²) in [4.78, 5) is 20.3. The summed E-state index contributed by atoms with van der Waals surface area (Å²) in [7, 11) is 3.73. The molecule has 3 rings (SSSR count). The SMILES string of the molecule is C=CC(=O)Nc1ccnc(-c2cc(NC)c3ccnc(NC)c3c2)c1. The molecule has 25 heavy (non-hydrogen) atoms. The van der Waals surface area contributed by atoms with Gasteiger partial charge in [-0.25, -0.2) is 4.98 Å². The summed E-state index contributed by atoms with van der Waals surface area (Å²) in [6.45, 7) is 3.46. The molecular formula is C19H19N5O. The predicted octanol–water partition coefficient (Wildman–Crippen LogP) is 3.50. The van der Waals surface area contributed by atoms with Gasteiger partial charge in [0.15, 0.2) is 0 Å². The van der Waals surface area contributed by atoms with Gasteiger partial charge in [0.1, 0.15) is 5.82 Å². The van der Waals surface area contributed by atoms with E-state index in [1.54, 1.807) is 18.5 Å². The Morgan fingerprint density at radius 3 is 2.56 bits per heavy atom. The largest absolute Gasteiger partial charge is 0.388 e. The Hall–Kier alpha value is -3.41. The topological polar surface area (TPSA) is 78.9 Å². The molecule has 1 amide bonds. The van der Waals surface area contributed by atoms with Gasteiger partial charge in [0.25, 0.3) is 0 Å². The van der Waals surface area contributed by atoms with Gasteiger partial charge in [-0.2, -0.15) is 0 Å². The highest BCUT2D eigenvalue weighted by Crippen LogP contribution is 2.33. The van der Waals surface area contributed by atoms with E-state index in [4.69, 9.17) is 0 Å². The van der Waals surface area contributed by atoms with Gasteiger partial charge in [0, 0.05) is 54.2 Å². The van der Waals surface area contributed by atoms with Crippen LogP contribution in [0.5, 0.6) is 0 Å². The monoisotopic (exact) mass is 333 g/mol. The number of carbonyl (C=O) groups is 1. The lowest BCUT2D eigenvalue weighted by Crippen LogP contribution is -2.07. The molecule has 0 saturated heterocycles. The normalized spacial score (nSPS) is 10.3. The van der Waals surface area contributed by atoms with Gasteiger partial charge in [0.2, 0.25) is 5.91 Å². The Balaban J connectivity index is 2.14. The van der Waals surface area contributed by atoms with Crippen molar-refractivity contribution in [1.82, 2.24) is 9.97 Å². The van der Waals surface area contributed by atoms with Gasteiger partial charge >= 0.3 is 0 Å². The highest BCUT2D eigenvalue weighted by Gasteiger charge is 2.10. The van der Waals surface area contributed by atoms with E-state index in [1.807, 2.05) is 38.4 Å². The van der Waals surface area contributed by atoms with Gasteiger partial charge < -0.3 is 16.0 Å². The van der Waals surface area contributed by atoms with Gasteiger partial charge in [-0.3, -0.25) is 9.78 Å². The number of carbonyl (C=O) groups excluding carboxylic acids is 1. The fourth-order valence-corrected chi connectivity index (χ4v) is 2.70. The standard InChI is InChI=1S/C19H19N5O/c1-4-18(25)24-13-5-7-22-16(11-13)12-9-15-14(17(10-12)20-2)6-8-23-19(15)21-3/h4-11,20H,1H2,2-3H3,(H,21,23)(H,22,24,25). The minimum Gasteiger partial charge on any atom is -0.388 e. The van der Waals surface area contributed by atoms with Crippen molar-refractivity contribution in [3.63, 3.8) is 0 Å². The molecule has 0 saturated carbocycles. The van der Waals surface area contributed by atoms with Gasteiger partial charge in [-0.15, -0.1) is 0 Å². The Labute approximate surface area is 146 Å². The summed E-state index contributed by atoms with van der Waals surface area (Å²) in [5.74, 6) is 0.542. The molecule has 0 aliphatic carbocycles. The molecule has 6 nitrogen and oxygen atoms in total. The van der Waals surface area contributed by atoms with E-state index in [2.05, 4.69) is 32.5 Å². The van der Waals surface area contributed by atoms with Crippen LogP contribution in [-0.4, -0.2) is 30.0 Å². The van der Waals surface area contributed by atoms with E-state index in [0.29, 0.717) is 5.69 Å². The van der Waals surface area contributed by atoms with E-state index in [-0.39, 0.29) is 5.91 Å². The van der Waals surface area contributed by atoms with Crippen LogP contribution in [0, 0.1) is 0 Å². The maximum atomic E-state index is 11.5. The lowest BCUT2D eigenvalue weighted by atomic mass is 10.0. The lowest BCUT2D eigenvalue weighted by molar-refractivity contribution is -0.111. The second-order valence-corrected chi connectivity index (χ2v) is 5.40. The number of amides is 1. The third kappa shape index (κ3) is 3.28. The second kappa shape index (κ2) is 7.00. The van der Waals surface area contributed by atoms with Crippen molar-refractivity contribution in [3.8, 4) is 11.3 Å². The Morgan fingerprint density at radius 2 is 1.84 bits per heavy atom. The first-order valence-electron chi connectivity index (χ1n) is 7.84. The maximum Gasteiger partial charge on any atom is 0.247 e. The molecule has 3 N–H and O–H groups in total. The molecule has 0 unspecified atom stereocenters. The van der Waals surface area contributed by atoms with Crippen molar-refractivity contribution in [2.45, 2.75) is 0 Å². The van der Waals surface area contributed by atoms with Crippen LogP contribution in [0.25, 0.3) is 22.0 Å². The quantitative estimate of drug-likeness (QED) is 0.623. The number of aromatic nitrogens is 2. The van der Waals surface area contributed by atoms with Crippen LogP contribution in [-0.2, 0) is 4.79 Å².